The summed E-state index contributed by atoms with van der Waals surface area (Å²) in [6.07, 6.45) is 3.90. The molecule has 0 N–H and O–H groups in total. The zero-order chi connectivity index (χ0) is 19.2. The minimum atomic E-state index is -2.31. The quantitative estimate of drug-likeness (QED) is 0.301. The van der Waals surface area contributed by atoms with Crippen LogP contribution >= 0.6 is 11.6 Å². The van der Waals surface area contributed by atoms with Gasteiger partial charge in [0.05, 0.1) is 8.07 Å². The van der Waals surface area contributed by atoms with Gasteiger partial charge in [-0.05, 0) is 36.4 Å². The molecule has 138 valence electrons. The minimum absolute atomic E-state index is 0.252. The van der Waals surface area contributed by atoms with Crippen LogP contribution in [0.5, 0.6) is 0 Å². The lowest BCUT2D eigenvalue weighted by atomic mass is 10.3. The number of halogens is 3. The van der Waals surface area contributed by atoms with Gasteiger partial charge in [-0.15, -0.1) is 24.8 Å². The predicted octanol–water partition coefficient (Wildman–Crippen LogP) is 5.30. The second-order valence-electron chi connectivity index (χ2n) is 7.20. The van der Waals surface area contributed by atoms with Crippen LogP contribution in [0.3, 0.4) is 0 Å². The molecule has 0 aliphatic rings. The number of hydrogen-bond acceptors (Lipinski definition) is 0. The van der Waals surface area contributed by atoms with E-state index >= 15 is 0 Å². The van der Waals surface area contributed by atoms with Crippen molar-refractivity contribution in [1.82, 2.24) is 0 Å². The lowest BCUT2D eigenvalue weighted by Crippen LogP contribution is -2.62. The summed E-state index contributed by atoms with van der Waals surface area (Å²) < 4.78 is 27.1. The minimum Gasteiger partial charge on any atom is -0.207 e. The van der Waals surface area contributed by atoms with E-state index in [-0.39, 0.29) is 11.6 Å². The third kappa shape index (κ3) is 4.61. The first-order valence-electron chi connectivity index (χ1n) is 8.69. The van der Waals surface area contributed by atoms with Crippen LogP contribution in [0, 0.1) is 11.6 Å². The summed E-state index contributed by atoms with van der Waals surface area (Å²) in [6.45, 7) is 10.2. The Morgan fingerprint density at radius 2 is 1.27 bits per heavy atom. The lowest BCUT2D eigenvalue weighted by Gasteiger charge is -2.39. The number of alkyl halides is 1. The summed E-state index contributed by atoms with van der Waals surface area (Å²) in [5, 5.41) is 2.27. The SMILES string of the molecule is C=CC[Si](C)(CCl)C[Si](CC=C)(c1ccc(F)cc1)c1ccc(F)cc1. The molecule has 0 saturated heterocycles. The Morgan fingerprint density at radius 3 is 1.62 bits per heavy atom. The Morgan fingerprint density at radius 1 is 0.846 bits per heavy atom. The summed E-state index contributed by atoms with van der Waals surface area (Å²) in [7, 11) is -4.12. The highest BCUT2D eigenvalue weighted by Crippen LogP contribution is 2.28. The zero-order valence-electron chi connectivity index (χ0n) is 15.2. The van der Waals surface area contributed by atoms with Crippen molar-refractivity contribution in [1.29, 1.82) is 0 Å². The van der Waals surface area contributed by atoms with Crippen molar-refractivity contribution in [3.05, 3.63) is 85.5 Å². The van der Waals surface area contributed by atoms with Crippen LogP contribution in [-0.2, 0) is 0 Å². The van der Waals surface area contributed by atoms with Crippen LogP contribution in [0.1, 0.15) is 0 Å². The van der Waals surface area contributed by atoms with Crippen LogP contribution in [0.4, 0.5) is 8.78 Å². The van der Waals surface area contributed by atoms with Gasteiger partial charge in [-0.3, -0.25) is 0 Å². The third-order valence-corrected chi connectivity index (χ3v) is 18.5. The summed E-state index contributed by atoms with van der Waals surface area (Å²) in [5.41, 5.74) is 1.62. The Kier molecular flexibility index (Phi) is 7.15. The van der Waals surface area contributed by atoms with E-state index in [1.165, 1.54) is 24.3 Å². The molecule has 0 aliphatic carbocycles. The van der Waals surface area contributed by atoms with Crippen molar-refractivity contribution in [2.45, 2.75) is 24.3 Å². The van der Waals surface area contributed by atoms with Crippen molar-refractivity contribution in [2.24, 2.45) is 0 Å². The number of rotatable bonds is 9. The second-order valence-corrected chi connectivity index (χ2v) is 17.4. The first-order valence-corrected chi connectivity index (χ1v) is 14.8. The molecule has 0 amide bonds. The van der Waals surface area contributed by atoms with Crippen molar-refractivity contribution < 1.29 is 8.78 Å². The molecule has 0 radical (unpaired) electrons. The molecule has 26 heavy (non-hydrogen) atoms. The first-order chi connectivity index (χ1) is 12.4. The number of hydrogen-bond donors (Lipinski definition) is 0. The van der Waals surface area contributed by atoms with Crippen molar-refractivity contribution in [2.75, 3.05) is 5.50 Å². The highest BCUT2D eigenvalue weighted by Gasteiger charge is 2.43. The maximum Gasteiger partial charge on any atom is 0.123 e. The van der Waals surface area contributed by atoms with Crippen LogP contribution < -0.4 is 10.4 Å². The molecule has 0 nitrogen and oxygen atoms in total. The summed E-state index contributed by atoms with van der Waals surface area (Å²) >= 11 is 6.41. The monoisotopic (exact) mass is 406 g/mol. The Hall–Kier alpha value is -1.50. The molecule has 0 heterocycles. The highest BCUT2D eigenvalue weighted by molar-refractivity contribution is 7.11. The molecule has 2 rings (SSSR count). The summed E-state index contributed by atoms with van der Waals surface area (Å²) in [6, 6.07) is 15.3. The normalized spacial score (nSPS) is 13.8. The van der Waals surface area contributed by atoms with Crippen molar-refractivity contribution in [3.63, 3.8) is 0 Å². The van der Waals surface area contributed by atoms with Gasteiger partial charge >= 0.3 is 0 Å². The van der Waals surface area contributed by atoms with E-state index in [0.29, 0.717) is 5.50 Å². The molecule has 0 saturated carbocycles. The Labute approximate surface area is 162 Å². The molecule has 2 aromatic carbocycles. The molecule has 0 spiro atoms. The van der Waals surface area contributed by atoms with Crippen LogP contribution in [0.15, 0.2) is 73.8 Å². The average Bonchev–Trinajstić information content (AvgIpc) is 2.63. The molecule has 0 aliphatic heterocycles. The smallest absolute Gasteiger partial charge is 0.123 e. The van der Waals surface area contributed by atoms with E-state index in [1.54, 1.807) is 0 Å². The molecule has 0 bridgehead atoms. The largest absolute Gasteiger partial charge is 0.207 e. The van der Waals surface area contributed by atoms with E-state index in [1.807, 2.05) is 36.4 Å². The topological polar surface area (TPSA) is 0 Å². The Balaban J connectivity index is 2.67. The molecular weight excluding hydrogens is 382 g/mol. The molecule has 5 heteroatoms. The van der Waals surface area contributed by atoms with E-state index in [2.05, 4.69) is 19.7 Å². The van der Waals surface area contributed by atoms with Gasteiger partial charge in [-0.2, -0.15) is 0 Å². The average molecular weight is 407 g/mol. The molecule has 0 aromatic heterocycles. The van der Waals surface area contributed by atoms with Gasteiger partial charge in [0.25, 0.3) is 0 Å². The predicted molar refractivity (Wildman–Crippen MR) is 115 cm³/mol. The van der Waals surface area contributed by atoms with Gasteiger partial charge in [0.1, 0.15) is 19.7 Å². The van der Waals surface area contributed by atoms with Crippen molar-refractivity contribution in [3.8, 4) is 0 Å². The van der Waals surface area contributed by atoms with Gasteiger partial charge in [-0.25, -0.2) is 8.78 Å². The molecule has 0 fully saturated rings. The molecular formula is C21H25ClF2Si2. The summed E-state index contributed by atoms with van der Waals surface area (Å²) in [5.74, 6) is -0.504. The second kappa shape index (κ2) is 8.93. The maximum absolute atomic E-state index is 13.6. The number of benzene rings is 2. The van der Waals surface area contributed by atoms with Gasteiger partial charge in [0.15, 0.2) is 0 Å². The summed E-state index contributed by atoms with van der Waals surface area (Å²) in [4.78, 5) is 0. The van der Waals surface area contributed by atoms with Gasteiger partial charge < -0.3 is 0 Å². The van der Waals surface area contributed by atoms with Crippen molar-refractivity contribution >= 4 is 38.1 Å². The fourth-order valence-electron chi connectivity index (χ4n) is 3.71. The standard InChI is InChI=1S/C21H25ClF2Si2/c1-4-14-25(3,16-22)17-26(15-5-2,20-10-6-18(23)7-11-20)21-12-8-19(24)9-13-21/h4-13H,1-2,14-17H2,3H3. The zero-order valence-corrected chi connectivity index (χ0v) is 17.9. The lowest BCUT2D eigenvalue weighted by molar-refractivity contribution is 0.628. The van der Waals surface area contributed by atoms with E-state index in [9.17, 15) is 8.78 Å². The number of allylic oxidation sites excluding steroid dienone is 2. The molecule has 1 unspecified atom stereocenters. The van der Waals surface area contributed by atoms with E-state index in [0.717, 1.165) is 28.1 Å². The Bertz CT molecular complexity index is 698. The van der Waals surface area contributed by atoms with E-state index < -0.39 is 16.1 Å². The van der Waals surface area contributed by atoms with Crippen LogP contribution in [0.2, 0.25) is 24.3 Å². The third-order valence-electron chi connectivity index (χ3n) is 4.97. The van der Waals surface area contributed by atoms with Gasteiger partial charge in [0.2, 0.25) is 0 Å². The fourth-order valence-corrected chi connectivity index (χ4v) is 17.6. The van der Waals surface area contributed by atoms with E-state index in [4.69, 9.17) is 11.6 Å². The van der Waals surface area contributed by atoms with Gasteiger partial charge in [0, 0.05) is 5.50 Å². The van der Waals surface area contributed by atoms with Gasteiger partial charge in [-0.1, -0.05) is 59.0 Å². The molecule has 1 atom stereocenters. The first kappa shape index (κ1) is 20.8. The van der Waals surface area contributed by atoms with Crippen LogP contribution in [-0.4, -0.2) is 21.7 Å². The molecule has 2 aromatic rings. The highest BCUT2D eigenvalue weighted by atomic mass is 35.5. The van der Waals surface area contributed by atoms with Crippen LogP contribution in [0.25, 0.3) is 0 Å². The fraction of sp³-hybridized carbons (Fsp3) is 0.238. The maximum atomic E-state index is 13.6.